The summed E-state index contributed by atoms with van der Waals surface area (Å²) in [6.07, 6.45) is 2.84. The first-order chi connectivity index (χ1) is 16.4. The molecule has 1 saturated heterocycles. The molecule has 2 fully saturated rings. The van der Waals surface area contributed by atoms with E-state index in [4.69, 9.17) is 9.47 Å². The number of esters is 1. The van der Waals surface area contributed by atoms with Crippen LogP contribution in [0.2, 0.25) is 0 Å². The van der Waals surface area contributed by atoms with Gasteiger partial charge >= 0.3 is 5.97 Å². The third-order valence-electron chi connectivity index (χ3n) is 7.26. The normalized spacial score (nSPS) is 18.7. The van der Waals surface area contributed by atoms with Gasteiger partial charge in [0.2, 0.25) is 0 Å². The Balaban J connectivity index is 1.39. The van der Waals surface area contributed by atoms with Gasteiger partial charge in [0, 0.05) is 11.6 Å². The van der Waals surface area contributed by atoms with Crippen molar-refractivity contribution in [2.75, 3.05) is 27.3 Å². The lowest BCUT2D eigenvalue weighted by molar-refractivity contribution is 0.0600. The Morgan fingerprint density at radius 1 is 1.12 bits per heavy atom. The zero-order valence-corrected chi connectivity index (χ0v) is 19.9. The minimum atomic E-state index is -0.441. The van der Waals surface area contributed by atoms with Crippen LogP contribution in [0.25, 0.3) is 10.8 Å². The van der Waals surface area contributed by atoms with Gasteiger partial charge in [0.15, 0.2) is 0 Å². The highest BCUT2D eigenvalue weighted by molar-refractivity contribution is 5.99. The first kappa shape index (κ1) is 22.4. The van der Waals surface area contributed by atoms with Crippen molar-refractivity contribution in [2.45, 2.75) is 37.8 Å². The fourth-order valence-corrected chi connectivity index (χ4v) is 4.71. The topological polar surface area (TPSA) is 67.9 Å². The lowest BCUT2D eigenvalue weighted by Crippen LogP contribution is -2.48. The van der Waals surface area contributed by atoms with E-state index in [0.29, 0.717) is 29.5 Å². The summed E-state index contributed by atoms with van der Waals surface area (Å²) in [6.45, 7) is 3.68. The third kappa shape index (κ3) is 4.14. The van der Waals surface area contributed by atoms with Gasteiger partial charge in [0.25, 0.3) is 5.91 Å². The minimum Gasteiger partial charge on any atom is -0.492 e. The van der Waals surface area contributed by atoms with E-state index in [1.807, 2.05) is 55.5 Å². The summed E-state index contributed by atoms with van der Waals surface area (Å²) in [5.41, 5.74) is 2.63. The predicted molar refractivity (Wildman–Crippen MR) is 131 cm³/mol. The number of fused-ring (bicyclic) bond motifs is 1. The van der Waals surface area contributed by atoms with E-state index in [1.54, 1.807) is 6.07 Å². The number of hydrogen-bond donors (Lipinski definition) is 1. The van der Waals surface area contributed by atoms with Crippen LogP contribution in [-0.4, -0.2) is 50.1 Å². The lowest BCUT2D eigenvalue weighted by atomic mass is 9.95. The average molecular weight is 459 g/mol. The van der Waals surface area contributed by atoms with Crippen LogP contribution in [0.4, 0.5) is 0 Å². The molecule has 1 aliphatic carbocycles. The zero-order valence-electron chi connectivity index (χ0n) is 19.9. The van der Waals surface area contributed by atoms with E-state index in [0.717, 1.165) is 47.7 Å². The van der Waals surface area contributed by atoms with Gasteiger partial charge in [-0.25, -0.2) is 4.79 Å². The number of nitrogens with zero attached hydrogens (tertiary/aromatic N) is 1. The molecule has 3 aromatic carbocycles. The van der Waals surface area contributed by atoms with Gasteiger partial charge in [-0.15, -0.1) is 0 Å². The van der Waals surface area contributed by atoms with Gasteiger partial charge in [-0.05, 0) is 85.9 Å². The van der Waals surface area contributed by atoms with Gasteiger partial charge in [-0.1, -0.05) is 30.3 Å². The fourth-order valence-electron chi connectivity index (χ4n) is 4.71. The highest BCUT2D eigenvalue weighted by atomic mass is 16.5. The van der Waals surface area contributed by atoms with Crippen LogP contribution in [0.3, 0.4) is 0 Å². The summed E-state index contributed by atoms with van der Waals surface area (Å²) in [7, 11) is 3.48. The molecule has 34 heavy (non-hydrogen) atoms. The van der Waals surface area contributed by atoms with Crippen LogP contribution in [0, 0.1) is 6.92 Å². The maximum absolute atomic E-state index is 13.4. The molecule has 1 N–H and O–H groups in total. The summed E-state index contributed by atoms with van der Waals surface area (Å²) in [4.78, 5) is 27.8. The molecular formula is C28H30N2O4. The number of amides is 1. The summed E-state index contributed by atoms with van der Waals surface area (Å²) >= 11 is 0. The SMILES string of the molecule is COC(=O)c1ccc2cccc(C3(NC(=O)c4cc(OCC5CCN5C)ccc4C)CC3)c2c1. The van der Waals surface area contributed by atoms with Gasteiger partial charge in [-0.2, -0.15) is 0 Å². The molecule has 6 nitrogen and oxygen atoms in total. The monoisotopic (exact) mass is 458 g/mol. The largest absolute Gasteiger partial charge is 0.492 e. The maximum Gasteiger partial charge on any atom is 0.337 e. The van der Waals surface area contributed by atoms with Crippen LogP contribution in [0.5, 0.6) is 5.75 Å². The van der Waals surface area contributed by atoms with Crippen molar-refractivity contribution in [1.82, 2.24) is 10.2 Å². The van der Waals surface area contributed by atoms with E-state index in [2.05, 4.69) is 17.3 Å². The van der Waals surface area contributed by atoms with Crippen LogP contribution < -0.4 is 10.1 Å². The highest BCUT2D eigenvalue weighted by Crippen LogP contribution is 2.48. The van der Waals surface area contributed by atoms with Crippen molar-refractivity contribution in [2.24, 2.45) is 0 Å². The number of likely N-dealkylation sites (N-methyl/N-ethyl adjacent to an activating group) is 1. The van der Waals surface area contributed by atoms with Crippen molar-refractivity contribution >= 4 is 22.6 Å². The lowest BCUT2D eigenvalue weighted by Gasteiger charge is -2.37. The quantitative estimate of drug-likeness (QED) is 0.531. The summed E-state index contributed by atoms with van der Waals surface area (Å²) in [6, 6.07) is 17.8. The second-order valence-corrected chi connectivity index (χ2v) is 9.48. The number of likely N-dealkylation sites (tertiary alicyclic amines) is 1. The molecule has 0 radical (unpaired) electrons. The maximum atomic E-state index is 13.4. The van der Waals surface area contributed by atoms with Crippen LogP contribution in [0.1, 0.15) is 51.1 Å². The predicted octanol–water partition coefficient (Wildman–Crippen LogP) is 4.44. The minimum absolute atomic E-state index is 0.109. The third-order valence-corrected chi connectivity index (χ3v) is 7.26. The molecule has 176 valence electrons. The summed E-state index contributed by atoms with van der Waals surface area (Å²) in [5.74, 6) is 0.238. The Morgan fingerprint density at radius 2 is 1.94 bits per heavy atom. The molecule has 3 aromatic rings. The molecule has 6 heteroatoms. The number of rotatable bonds is 7. The Hall–Kier alpha value is -3.38. The number of methoxy groups -OCH3 is 1. The molecule has 1 amide bonds. The summed E-state index contributed by atoms with van der Waals surface area (Å²) in [5, 5.41) is 5.28. The van der Waals surface area contributed by atoms with Gasteiger partial charge in [0.05, 0.1) is 18.2 Å². The zero-order chi connectivity index (χ0) is 23.9. The number of carbonyl (C=O) groups is 2. The van der Waals surface area contributed by atoms with Crippen LogP contribution in [-0.2, 0) is 10.3 Å². The molecule has 1 aliphatic heterocycles. The molecule has 1 unspecified atom stereocenters. The van der Waals surface area contributed by atoms with Crippen molar-refractivity contribution in [3.63, 3.8) is 0 Å². The van der Waals surface area contributed by atoms with E-state index < -0.39 is 5.54 Å². The first-order valence-corrected chi connectivity index (χ1v) is 11.8. The Bertz CT molecular complexity index is 1260. The molecular weight excluding hydrogens is 428 g/mol. The average Bonchev–Trinajstić information content (AvgIpc) is 3.63. The standard InChI is InChI=1S/C28H30N2O4/c1-18-7-10-22(34-17-21-11-14-30(21)2)16-23(18)26(31)29-28(12-13-28)25-6-4-5-19-8-9-20(15-24(19)25)27(32)33-3/h4-10,15-16,21H,11-14,17H2,1-3H3,(H,29,31). The van der Waals surface area contributed by atoms with Gasteiger partial charge in [0.1, 0.15) is 12.4 Å². The Kier molecular flexibility index (Phi) is 5.78. The van der Waals surface area contributed by atoms with E-state index in [1.165, 1.54) is 7.11 Å². The van der Waals surface area contributed by atoms with Crippen LogP contribution >= 0.6 is 0 Å². The molecule has 1 heterocycles. The molecule has 0 aromatic heterocycles. The number of benzene rings is 3. The molecule has 1 saturated carbocycles. The van der Waals surface area contributed by atoms with Gasteiger partial charge < -0.3 is 14.8 Å². The molecule has 1 atom stereocenters. The fraction of sp³-hybridized carbons (Fsp3) is 0.357. The van der Waals surface area contributed by atoms with Crippen molar-refractivity contribution < 1.29 is 19.1 Å². The molecule has 2 aliphatic rings. The highest BCUT2D eigenvalue weighted by Gasteiger charge is 2.46. The van der Waals surface area contributed by atoms with E-state index in [9.17, 15) is 9.59 Å². The molecule has 0 spiro atoms. The number of nitrogens with one attached hydrogen (secondary N) is 1. The van der Waals surface area contributed by atoms with E-state index >= 15 is 0 Å². The first-order valence-electron chi connectivity index (χ1n) is 11.8. The second kappa shape index (κ2) is 8.76. The Morgan fingerprint density at radius 3 is 2.62 bits per heavy atom. The summed E-state index contributed by atoms with van der Waals surface area (Å²) < 4.78 is 10.9. The number of carbonyl (C=O) groups excluding carboxylic acids is 2. The molecule has 5 rings (SSSR count). The van der Waals surface area contributed by atoms with E-state index in [-0.39, 0.29) is 11.9 Å². The number of hydrogen-bond acceptors (Lipinski definition) is 5. The van der Waals surface area contributed by atoms with Crippen molar-refractivity contribution in [3.8, 4) is 5.75 Å². The second-order valence-electron chi connectivity index (χ2n) is 9.48. The smallest absolute Gasteiger partial charge is 0.337 e. The number of aryl methyl sites for hydroxylation is 1. The Labute approximate surface area is 199 Å². The number of ether oxygens (including phenoxy) is 2. The van der Waals surface area contributed by atoms with Crippen molar-refractivity contribution in [3.05, 3.63) is 76.9 Å². The molecule has 0 bridgehead atoms. The van der Waals surface area contributed by atoms with Crippen molar-refractivity contribution in [1.29, 1.82) is 0 Å². The van der Waals surface area contributed by atoms with Crippen LogP contribution in [0.15, 0.2) is 54.6 Å². The van der Waals surface area contributed by atoms with Gasteiger partial charge in [-0.3, -0.25) is 9.69 Å².